The third-order valence-electron chi connectivity index (χ3n) is 3.90. The predicted octanol–water partition coefficient (Wildman–Crippen LogP) is 3.28. The fourth-order valence-corrected chi connectivity index (χ4v) is 4.58. The molecule has 0 radical (unpaired) electrons. The number of rotatable bonds is 1. The predicted molar refractivity (Wildman–Crippen MR) is 90.3 cm³/mol. The summed E-state index contributed by atoms with van der Waals surface area (Å²) in [5.74, 6) is 0.463. The monoisotopic (exact) mass is 348 g/mol. The molecule has 4 rings (SSSR count). The van der Waals surface area contributed by atoms with Crippen LogP contribution in [0.25, 0.3) is 16.0 Å². The first kappa shape index (κ1) is 14.1. The van der Waals surface area contributed by atoms with Crippen LogP contribution in [0.5, 0.6) is 0 Å². The van der Waals surface area contributed by atoms with Gasteiger partial charge in [-0.25, -0.2) is 9.97 Å². The van der Waals surface area contributed by atoms with Crippen LogP contribution in [0, 0.1) is 0 Å². The normalized spacial score (nSPS) is 14.2. The van der Waals surface area contributed by atoms with Crippen LogP contribution >= 0.6 is 22.9 Å². The van der Waals surface area contributed by atoms with Crippen molar-refractivity contribution in [1.29, 1.82) is 0 Å². The highest BCUT2D eigenvalue weighted by atomic mass is 35.5. The van der Waals surface area contributed by atoms with E-state index in [1.165, 1.54) is 22.1 Å². The molecule has 3 aromatic rings. The molecule has 112 valence electrons. The summed E-state index contributed by atoms with van der Waals surface area (Å²) in [4.78, 5) is 23.7. The molecule has 7 heteroatoms. The molecule has 0 saturated carbocycles. The lowest BCUT2D eigenvalue weighted by atomic mass is 9.97. The summed E-state index contributed by atoms with van der Waals surface area (Å²) in [5.41, 5.74) is 1.03. The minimum atomic E-state index is -0.121. The summed E-state index contributed by atoms with van der Waals surface area (Å²) in [6.45, 7) is 0. The van der Waals surface area contributed by atoms with E-state index in [-0.39, 0.29) is 10.7 Å². The molecule has 1 aliphatic carbocycles. The molecule has 4 nitrogen and oxygen atoms in total. The van der Waals surface area contributed by atoms with Gasteiger partial charge >= 0.3 is 0 Å². The quantitative estimate of drug-likeness (QED) is 0.500. The summed E-state index contributed by atoms with van der Waals surface area (Å²) >= 11 is 12.8. The van der Waals surface area contributed by atoms with Crippen LogP contribution < -0.4 is 5.56 Å². The summed E-state index contributed by atoms with van der Waals surface area (Å²) in [6.07, 6.45) is 5.77. The Kier molecular flexibility index (Phi) is 3.40. The first-order valence-electron chi connectivity index (χ1n) is 7.01. The van der Waals surface area contributed by atoms with Crippen LogP contribution in [0.2, 0.25) is 5.02 Å². The molecular weight excluding hydrogens is 338 g/mol. The zero-order valence-electron chi connectivity index (χ0n) is 11.5. The van der Waals surface area contributed by atoms with Crippen molar-refractivity contribution in [3.63, 3.8) is 0 Å². The molecule has 1 aliphatic rings. The summed E-state index contributed by atoms with van der Waals surface area (Å²) in [6, 6.07) is 3.38. The number of hydrogen-bond donors (Lipinski definition) is 0. The molecule has 0 amide bonds. The van der Waals surface area contributed by atoms with E-state index in [0.29, 0.717) is 16.2 Å². The molecule has 0 spiro atoms. The van der Waals surface area contributed by atoms with E-state index < -0.39 is 0 Å². The zero-order chi connectivity index (χ0) is 15.3. The third kappa shape index (κ3) is 2.14. The molecule has 22 heavy (non-hydrogen) atoms. The highest BCUT2D eigenvalue weighted by Gasteiger charge is 2.20. The Bertz CT molecular complexity index is 931. The Balaban J connectivity index is 2.03. The van der Waals surface area contributed by atoms with Crippen molar-refractivity contribution in [2.75, 3.05) is 0 Å². The molecule has 0 aromatic carbocycles. The van der Waals surface area contributed by atoms with Gasteiger partial charge in [-0.05, 0) is 48.5 Å². The number of thiophene rings is 1. The summed E-state index contributed by atoms with van der Waals surface area (Å²) in [7, 11) is 0. The second-order valence-electron chi connectivity index (χ2n) is 5.26. The standard InChI is InChI=1S/C15H12ClN3OS2/c16-8-5-6-11(17-7-8)19-14(20)12-9-3-1-2-4-10(9)22-13(12)18-15(19)21/h5-7H,1-4H2,(H,18,21)/p-1. The maximum absolute atomic E-state index is 13.0. The van der Waals surface area contributed by atoms with Gasteiger partial charge in [-0.3, -0.25) is 9.36 Å². The van der Waals surface area contributed by atoms with Gasteiger partial charge in [-0.1, -0.05) is 11.6 Å². The molecule has 0 bridgehead atoms. The lowest BCUT2D eigenvalue weighted by molar-refractivity contribution is 0.699. The Morgan fingerprint density at radius 2 is 2.09 bits per heavy atom. The van der Waals surface area contributed by atoms with Gasteiger partial charge in [-0.2, -0.15) is 0 Å². The average molecular weight is 349 g/mol. The second kappa shape index (κ2) is 5.30. The number of pyridine rings is 1. The topological polar surface area (TPSA) is 47.8 Å². The van der Waals surface area contributed by atoms with Crippen molar-refractivity contribution >= 4 is 45.8 Å². The van der Waals surface area contributed by atoms with E-state index in [9.17, 15) is 4.79 Å². The van der Waals surface area contributed by atoms with E-state index >= 15 is 0 Å². The summed E-state index contributed by atoms with van der Waals surface area (Å²) < 4.78 is 1.40. The van der Waals surface area contributed by atoms with Crippen LogP contribution in [0.4, 0.5) is 0 Å². The SMILES string of the molecule is O=c1c2c3c(sc2nc([S-])n1-c1ccc(Cl)cn1)CCCC3. The Hall–Kier alpha value is -1.50. The van der Waals surface area contributed by atoms with Crippen molar-refractivity contribution < 1.29 is 0 Å². The molecule has 3 aromatic heterocycles. The maximum atomic E-state index is 13.0. The van der Waals surface area contributed by atoms with Gasteiger partial charge in [0.25, 0.3) is 5.56 Å². The second-order valence-corrected chi connectivity index (χ2v) is 7.15. The molecule has 0 unspecified atom stereocenters. The van der Waals surface area contributed by atoms with Crippen LogP contribution in [-0.2, 0) is 25.5 Å². The van der Waals surface area contributed by atoms with Gasteiger partial charge in [-0.15, -0.1) is 11.3 Å². The first-order valence-corrected chi connectivity index (χ1v) is 8.61. The van der Waals surface area contributed by atoms with Gasteiger partial charge in [0, 0.05) is 11.1 Å². The van der Waals surface area contributed by atoms with Crippen LogP contribution in [-0.4, -0.2) is 14.5 Å². The first-order chi connectivity index (χ1) is 10.6. The van der Waals surface area contributed by atoms with Gasteiger partial charge in [0.1, 0.15) is 10.6 Å². The van der Waals surface area contributed by atoms with Crippen molar-refractivity contribution in [1.82, 2.24) is 14.5 Å². The average Bonchev–Trinajstić information content (AvgIpc) is 2.87. The fraction of sp³-hybridized carbons (Fsp3) is 0.267. The number of aromatic nitrogens is 3. The molecule has 0 saturated heterocycles. The van der Waals surface area contributed by atoms with Crippen molar-refractivity contribution in [3.05, 3.63) is 44.1 Å². The molecular formula is C15H11ClN3OS2-. The Morgan fingerprint density at radius 3 is 2.86 bits per heavy atom. The minimum Gasteiger partial charge on any atom is -0.742 e. The Morgan fingerprint density at radius 1 is 1.27 bits per heavy atom. The van der Waals surface area contributed by atoms with Crippen molar-refractivity contribution in [2.24, 2.45) is 0 Å². The minimum absolute atomic E-state index is 0.121. The highest BCUT2D eigenvalue weighted by molar-refractivity contribution is 7.58. The van der Waals surface area contributed by atoms with Crippen LogP contribution in [0.3, 0.4) is 0 Å². The van der Waals surface area contributed by atoms with Crippen LogP contribution in [0.15, 0.2) is 28.3 Å². The van der Waals surface area contributed by atoms with Crippen molar-refractivity contribution in [3.8, 4) is 5.82 Å². The largest absolute Gasteiger partial charge is 0.742 e. The number of aryl methyl sites for hydroxylation is 2. The van der Waals surface area contributed by atoms with Crippen molar-refractivity contribution in [2.45, 2.75) is 30.8 Å². The Labute approximate surface area is 141 Å². The van der Waals surface area contributed by atoms with Gasteiger partial charge in [0.2, 0.25) is 0 Å². The molecule has 0 fully saturated rings. The zero-order valence-corrected chi connectivity index (χ0v) is 13.9. The van der Waals surface area contributed by atoms with Crippen LogP contribution in [0.1, 0.15) is 23.3 Å². The number of halogens is 1. The van der Waals surface area contributed by atoms with E-state index in [0.717, 1.165) is 29.7 Å². The smallest absolute Gasteiger partial charge is 0.266 e. The lowest BCUT2D eigenvalue weighted by Crippen LogP contribution is -2.23. The number of fused-ring (bicyclic) bond motifs is 3. The summed E-state index contributed by atoms with van der Waals surface area (Å²) in [5, 5.41) is 1.47. The van der Waals surface area contributed by atoms with Gasteiger partial charge < -0.3 is 12.6 Å². The molecule has 0 aliphatic heterocycles. The molecule has 0 atom stereocenters. The van der Waals surface area contributed by atoms with E-state index in [2.05, 4.69) is 9.97 Å². The highest BCUT2D eigenvalue weighted by Crippen LogP contribution is 2.34. The van der Waals surface area contributed by atoms with Gasteiger partial charge in [0.15, 0.2) is 0 Å². The molecule has 3 heterocycles. The van der Waals surface area contributed by atoms with E-state index in [1.807, 2.05) is 0 Å². The number of hydrogen-bond acceptors (Lipinski definition) is 5. The third-order valence-corrected chi connectivity index (χ3v) is 5.58. The molecule has 0 N–H and O–H groups in total. The van der Waals surface area contributed by atoms with E-state index in [4.69, 9.17) is 24.2 Å². The van der Waals surface area contributed by atoms with E-state index in [1.54, 1.807) is 23.5 Å². The maximum Gasteiger partial charge on any atom is 0.266 e. The van der Waals surface area contributed by atoms with Gasteiger partial charge in [0.05, 0.1) is 10.4 Å². The fourth-order valence-electron chi connectivity index (χ4n) is 2.89. The number of nitrogens with zero attached hydrogens (tertiary/aromatic N) is 3. The lowest BCUT2D eigenvalue weighted by Gasteiger charge is -2.15.